The summed E-state index contributed by atoms with van der Waals surface area (Å²) in [6.45, 7) is 48.2. The fourth-order valence-corrected chi connectivity index (χ4v) is 17.2. The minimum Gasteiger partial charge on any atom is -0.496 e. The molecule has 3 heterocycles. The summed E-state index contributed by atoms with van der Waals surface area (Å²) in [5, 5.41) is 0. The molecule has 0 radical (unpaired) electrons. The van der Waals surface area contributed by atoms with Gasteiger partial charge in [0.25, 0.3) is 0 Å². The van der Waals surface area contributed by atoms with Gasteiger partial charge in [0.2, 0.25) is 0 Å². The van der Waals surface area contributed by atoms with E-state index in [1.807, 2.05) is 19.1 Å². The van der Waals surface area contributed by atoms with Gasteiger partial charge in [0, 0.05) is 16.7 Å². The average molecular weight is 1480 g/mol. The molecule has 9 heteroatoms. The van der Waals surface area contributed by atoms with Crippen molar-refractivity contribution in [2.24, 2.45) is 53.3 Å². The molecule has 0 spiro atoms. The molecule has 3 aliphatic heterocycles. The van der Waals surface area contributed by atoms with Gasteiger partial charge in [0.1, 0.15) is 51.3 Å². The van der Waals surface area contributed by atoms with Gasteiger partial charge in [-0.15, -0.1) is 0 Å². The van der Waals surface area contributed by atoms with Crippen LogP contribution in [0.1, 0.15) is 378 Å². The average Bonchev–Trinajstić information content (AvgIpc) is 0.769. The Morgan fingerprint density at radius 1 is 0.402 bits per heavy atom. The third-order valence-electron chi connectivity index (χ3n) is 25.2. The third-order valence-corrected chi connectivity index (χ3v) is 25.2. The number of carbonyl (C=O) groups excluding carboxylic acids is 2. The third kappa shape index (κ3) is 29.6. The van der Waals surface area contributed by atoms with Crippen LogP contribution in [-0.4, -0.2) is 57.5 Å². The van der Waals surface area contributed by atoms with Gasteiger partial charge in [-0.25, -0.2) is 4.79 Å². The van der Waals surface area contributed by atoms with Crippen LogP contribution in [0.3, 0.4) is 0 Å². The minimum atomic E-state index is -0.326. The van der Waals surface area contributed by atoms with Crippen molar-refractivity contribution in [3.63, 3.8) is 0 Å². The lowest BCUT2D eigenvalue weighted by atomic mass is 9.83. The maximum Gasteiger partial charge on any atom is 0.337 e. The van der Waals surface area contributed by atoms with Crippen molar-refractivity contribution >= 4 is 24.4 Å². The molecule has 0 N–H and O–H groups in total. The molecule has 0 aromatic heterocycles. The topological polar surface area (TPSA) is 98.8 Å². The molecular formula is C98H158O9. The van der Waals surface area contributed by atoms with Crippen LogP contribution >= 0.6 is 0 Å². The molecule has 9 unspecified atom stereocenters. The van der Waals surface area contributed by atoms with Crippen molar-refractivity contribution < 1.29 is 42.7 Å². The van der Waals surface area contributed by atoms with E-state index in [0.717, 1.165) is 179 Å². The van der Waals surface area contributed by atoms with Gasteiger partial charge >= 0.3 is 5.97 Å². The minimum absolute atomic E-state index is 0.0244. The molecule has 0 bridgehead atoms. The zero-order chi connectivity index (χ0) is 79.2. The van der Waals surface area contributed by atoms with Crippen LogP contribution in [-0.2, 0) is 24.0 Å². The Bertz CT molecular complexity index is 3330. The highest BCUT2D eigenvalue weighted by atomic mass is 16.5. The molecule has 4 aromatic carbocycles. The highest BCUT2D eigenvalue weighted by molar-refractivity contribution is 5.90. The van der Waals surface area contributed by atoms with Gasteiger partial charge in [0.15, 0.2) is 6.29 Å². The molecule has 7 rings (SSSR count). The number of aldehydes is 1. The number of hydrogen-bond donors (Lipinski definition) is 0. The van der Waals surface area contributed by atoms with E-state index in [2.05, 4.69) is 157 Å². The largest absolute Gasteiger partial charge is 0.496 e. The van der Waals surface area contributed by atoms with Crippen LogP contribution < -0.4 is 28.4 Å². The van der Waals surface area contributed by atoms with E-state index in [0.29, 0.717) is 16.9 Å². The first-order chi connectivity index (χ1) is 50.7. The van der Waals surface area contributed by atoms with Crippen molar-refractivity contribution in [1.29, 1.82) is 0 Å². The molecule has 4 aromatic rings. The summed E-state index contributed by atoms with van der Waals surface area (Å²) in [7, 11) is 6.55. The number of methoxy groups -OCH3 is 4. The number of aryl methyl sites for hydroxylation is 1. The quantitative estimate of drug-likeness (QED) is 0.0244. The number of rotatable bonds is 43. The summed E-state index contributed by atoms with van der Waals surface area (Å²) in [6, 6.07) is 9.65. The maximum absolute atomic E-state index is 11.8. The molecular weight excluding hydrogens is 1320 g/mol. The van der Waals surface area contributed by atoms with Crippen LogP contribution in [0.25, 0.3) is 12.2 Å². The molecule has 3 aliphatic rings. The van der Waals surface area contributed by atoms with Crippen molar-refractivity contribution in [2.75, 3.05) is 28.4 Å². The van der Waals surface area contributed by atoms with E-state index in [1.165, 1.54) is 189 Å². The lowest BCUT2D eigenvalue weighted by Crippen LogP contribution is -2.37. The lowest BCUT2D eigenvalue weighted by molar-refractivity contribution is 0.0508. The van der Waals surface area contributed by atoms with Crippen LogP contribution in [0, 0.1) is 94.8 Å². The molecule has 0 amide bonds. The first-order valence-electron chi connectivity index (χ1n) is 43.2. The first kappa shape index (κ1) is 92.2. The van der Waals surface area contributed by atoms with Gasteiger partial charge < -0.3 is 33.2 Å². The van der Waals surface area contributed by atoms with E-state index in [9.17, 15) is 9.59 Å². The molecule has 9 nitrogen and oxygen atoms in total. The molecule has 107 heavy (non-hydrogen) atoms. The van der Waals surface area contributed by atoms with Crippen LogP contribution in [0.15, 0.2) is 30.3 Å². The zero-order valence-corrected chi connectivity index (χ0v) is 73.3. The number of hydrogen-bond acceptors (Lipinski definition) is 9. The van der Waals surface area contributed by atoms with Crippen molar-refractivity contribution in [2.45, 2.75) is 374 Å². The SMILES string of the molecule is COC(=O)c1ccc(C=Cc2c3c(c(C)c(C)c2OC)OC(C)(CCCC(C)CCCC(C)CCCC(C)C)CC3)cc1.COc1c(C)c(C)c2c(c1C=O)CCC(C)(CCCC(C)CCCC(C)CCCC(C)C)O2.COc1cc2c(c(C)c1C)OC(C)(CCCC(C)CCCC(C)CCCC(C)C)CC2. The van der Waals surface area contributed by atoms with E-state index >= 15 is 0 Å². The van der Waals surface area contributed by atoms with E-state index in [-0.39, 0.29) is 22.8 Å². The Kier molecular flexibility index (Phi) is 39.4. The number of ether oxygens (including phenoxy) is 7. The second-order valence-corrected chi connectivity index (χ2v) is 36.6. The van der Waals surface area contributed by atoms with Crippen molar-refractivity contribution in [1.82, 2.24) is 0 Å². The van der Waals surface area contributed by atoms with Crippen LogP contribution in [0.5, 0.6) is 34.5 Å². The Labute approximate surface area is 656 Å². The summed E-state index contributed by atoms with van der Waals surface area (Å²) < 4.78 is 42.0. The molecule has 604 valence electrons. The second kappa shape index (κ2) is 45.8. The number of carbonyl (C=O) groups is 2. The Hall–Kier alpha value is -5.44. The number of fused-ring (bicyclic) bond motifs is 3. The smallest absolute Gasteiger partial charge is 0.337 e. The summed E-state index contributed by atoms with van der Waals surface area (Å²) in [5.74, 6) is 12.9. The summed E-state index contributed by atoms with van der Waals surface area (Å²) in [6.07, 6.45) is 46.8. The van der Waals surface area contributed by atoms with Gasteiger partial charge in [-0.2, -0.15) is 0 Å². The maximum atomic E-state index is 11.8. The number of esters is 1. The molecule has 0 saturated heterocycles. The first-order valence-corrected chi connectivity index (χ1v) is 43.2. The zero-order valence-electron chi connectivity index (χ0n) is 73.3. The van der Waals surface area contributed by atoms with Crippen LogP contribution in [0.4, 0.5) is 0 Å². The van der Waals surface area contributed by atoms with Gasteiger partial charge in [-0.05, 0) is 255 Å². The Morgan fingerprint density at radius 2 is 0.729 bits per heavy atom. The Balaban J connectivity index is 0.000000293. The normalized spacial score (nSPS) is 19.1. The van der Waals surface area contributed by atoms with Crippen LogP contribution in [0.2, 0.25) is 0 Å². The van der Waals surface area contributed by atoms with Crippen molar-refractivity contribution in [3.8, 4) is 34.5 Å². The van der Waals surface area contributed by atoms with Gasteiger partial charge in [0.05, 0.1) is 39.6 Å². The molecule has 0 fully saturated rings. The standard InChI is InChI=1S/C39H58O4.C30H50O3.C29H50O2/c1-27(2)13-10-14-28(3)15-11-16-29(4)17-12-25-39(7)26-24-35-34(36(41-8)30(5)31(6)37(35)43-39)23-20-32-18-21-33(22-19-32)38(40)42-9;1-21(2)12-9-13-22(3)14-10-15-23(4)16-11-18-30(7)19-17-26-27(20-31)28(32-8)24(5)25(6)29(26)33-30;1-21(2)12-9-13-22(3)14-10-15-23(4)16-11-18-29(7)19-17-26-20-27(30-8)24(5)25(6)28(26)31-29/h18-23,27-29H,10-17,24-26H2,1-9H3;20-23H,9-19H2,1-8H3;20-23H,9-19H2,1-8H3. The fraction of sp³-hybridized carbons (Fsp3) is 0.714. The highest BCUT2D eigenvalue weighted by Gasteiger charge is 2.38. The monoisotopic (exact) mass is 1480 g/mol. The predicted octanol–water partition coefficient (Wildman–Crippen LogP) is 28.3. The summed E-state index contributed by atoms with van der Waals surface area (Å²) in [4.78, 5) is 23.6. The summed E-state index contributed by atoms with van der Waals surface area (Å²) >= 11 is 0. The summed E-state index contributed by atoms with van der Waals surface area (Å²) in [5.41, 5.74) is 13.4. The van der Waals surface area contributed by atoms with Crippen molar-refractivity contribution in [3.05, 3.63) is 103 Å². The molecule has 0 saturated carbocycles. The van der Waals surface area contributed by atoms with E-state index in [1.54, 1.807) is 33.5 Å². The van der Waals surface area contributed by atoms with E-state index < -0.39 is 0 Å². The molecule has 9 atom stereocenters. The lowest BCUT2D eigenvalue weighted by Gasteiger charge is -2.38. The van der Waals surface area contributed by atoms with Gasteiger partial charge in [-0.1, -0.05) is 242 Å². The molecule has 0 aliphatic carbocycles. The fourth-order valence-electron chi connectivity index (χ4n) is 17.2. The Morgan fingerprint density at radius 3 is 1.07 bits per heavy atom. The van der Waals surface area contributed by atoms with Gasteiger partial charge in [-0.3, -0.25) is 4.79 Å². The second-order valence-electron chi connectivity index (χ2n) is 36.6. The highest BCUT2D eigenvalue weighted by Crippen LogP contribution is 2.48. The van der Waals surface area contributed by atoms with E-state index in [4.69, 9.17) is 33.2 Å². The number of benzene rings is 4. The predicted molar refractivity (Wildman–Crippen MR) is 456 cm³/mol.